The Labute approximate surface area is 213 Å². The van der Waals surface area contributed by atoms with Crippen LogP contribution in [0.4, 0.5) is 0 Å². The average Bonchev–Trinajstić information content (AvgIpc) is 3.14. The zero-order valence-corrected chi connectivity index (χ0v) is 21.8. The topological polar surface area (TPSA) is 114 Å². The van der Waals surface area contributed by atoms with E-state index in [-0.39, 0.29) is 40.2 Å². The van der Waals surface area contributed by atoms with Gasteiger partial charge < -0.3 is 13.9 Å². The molecule has 2 saturated carbocycles. The van der Waals surface area contributed by atoms with Gasteiger partial charge in [-0.1, -0.05) is 12.5 Å². The summed E-state index contributed by atoms with van der Waals surface area (Å²) in [5.41, 5.74) is 0.618. The number of allylic oxidation sites excluding steroid dienone is 1. The van der Waals surface area contributed by atoms with E-state index in [1.54, 1.807) is 26.4 Å². The summed E-state index contributed by atoms with van der Waals surface area (Å²) in [6.07, 6.45) is 10.4. The van der Waals surface area contributed by atoms with Crippen LogP contribution in [0.5, 0.6) is 0 Å². The molecule has 37 heavy (non-hydrogen) atoms. The quantitative estimate of drug-likeness (QED) is 0.443. The molecular formula is C27H32N4O6. The molecule has 2 aliphatic carbocycles. The van der Waals surface area contributed by atoms with Crippen molar-refractivity contribution in [1.82, 2.24) is 18.3 Å². The second-order valence-electron chi connectivity index (χ2n) is 11.1. The Kier molecular flexibility index (Phi) is 5.88. The highest BCUT2D eigenvalue weighted by Crippen LogP contribution is 2.57. The molecule has 5 rings (SSSR count). The van der Waals surface area contributed by atoms with Gasteiger partial charge in [0.05, 0.1) is 11.1 Å². The largest absolute Gasteiger partial charge is 0.458 e. The van der Waals surface area contributed by atoms with Gasteiger partial charge in [0.1, 0.15) is 6.10 Å². The van der Waals surface area contributed by atoms with E-state index < -0.39 is 17.2 Å². The van der Waals surface area contributed by atoms with E-state index in [0.29, 0.717) is 24.0 Å². The highest BCUT2D eigenvalue weighted by molar-refractivity contribution is 5.96. The monoisotopic (exact) mass is 508 g/mol. The first-order valence-corrected chi connectivity index (χ1v) is 12.6. The summed E-state index contributed by atoms with van der Waals surface area (Å²) in [6, 6.07) is 0. The lowest BCUT2D eigenvalue weighted by molar-refractivity contribution is -0.142. The molecule has 4 atom stereocenters. The van der Waals surface area contributed by atoms with Crippen LogP contribution < -0.4 is 22.5 Å². The van der Waals surface area contributed by atoms with Gasteiger partial charge in [-0.05, 0) is 55.6 Å². The minimum atomic E-state index is -0.462. The Hall–Kier alpha value is -3.69. The highest BCUT2D eigenvalue weighted by Gasteiger charge is 2.53. The molecule has 2 aromatic heterocycles. The summed E-state index contributed by atoms with van der Waals surface area (Å²) in [7, 11) is 6.08. The van der Waals surface area contributed by atoms with Crippen LogP contribution in [0.2, 0.25) is 0 Å². The van der Waals surface area contributed by atoms with Gasteiger partial charge in [-0.2, -0.15) is 0 Å². The van der Waals surface area contributed by atoms with Gasteiger partial charge in [-0.25, -0.2) is 14.4 Å². The Bertz CT molecular complexity index is 1620. The Balaban J connectivity index is 1.56. The van der Waals surface area contributed by atoms with Crippen LogP contribution in [0.25, 0.3) is 12.2 Å². The Morgan fingerprint density at radius 2 is 1.46 bits per heavy atom. The molecule has 0 aromatic carbocycles. The standard InChI is InChI=1S/C27H32N4O6/c1-27-8-6-7-15(9-16-13-28(2)25(35)30(4)22(16)32)20(27)11-18-19(24(34)37-21(18)12-27)10-17-14-29(3)26(36)31(5)23(17)33/h9-10,13-14,18,20-21H,6-8,11-12H2,1-5H3/b15-9+,19-10+/t18-,20+,21-,27-/m1/s1. The molecule has 0 spiro atoms. The van der Waals surface area contributed by atoms with Crippen molar-refractivity contribution in [2.45, 2.75) is 45.1 Å². The number of carbonyl (C=O) groups is 1. The van der Waals surface area contributed by atoms with Gasteiger partial charge in [-0.3, -0.25) is 18.7 Å². The molecule has 3 fully saturated rings. The lowest BCUT2D eigenvalue weighted by Crippen LogP contribution is -2.44. The van der Waals surface area contributed by atoms with Crippen LogP contribution in [-0.4, -0.2) is 30.3 Å². The van der Waals surface area contributed by atoms with Gasteiger partial charge in [0, 0.05) is 52.1 Å². The molecule has 3 aliphatic rings. The molecule has 1 aliphatic heterocycles. The van der Waals surface area contributed by atoms with E-state index in [1.807, 2.05) is 6.08 Å². The Morgan fingerprint density at radius 1 is 0.892 bits per heavy atom. The number of hydrogen-bond acceptors (Lipinski definition) is 6. The molecule has 10 heteroatoms. The van der Waals surface area contributed by atoms with Gasteiger partial charge in [-0.15, -0.1) is 0 Å². The van der Waals surface area contributed by atoms with Crippen LogP contribution in [0.15, 0.2) is 42.7 Å². The van der Waals surface area contributed by atoms with Crippen molar-refractivity contribution in [3.05, 3.63) is 76.3 Å². The molecule has 196 valence electrons. The highest BCUT2D eigenvalue weighted by atomic mass is 16.6. The maximum atomic E-state index is 13.0. The van der Waals surface area contributed by atoms with E-state index in [4.69, 9.17) is 4.74 Å². The second-order valence-corrected chi connectivity index (χ2v) is 11.1. The van der Waals surface area contributed by atoms with Crippen molar-refractivity contribution in [2.75, 3.05) is 0 Å². The number of aromatic nitrogens is 4. The fourth-order valence-corrected chi connectivity index (χ4v) is 6.56. The third kappa shape index (κ3) is 3.98. The Morgan fingerprint density at radius 3 is 2.05 bits per heavy atom. The second kappa shape index (κ2) is 8.71. The van der Waals surface area contributed by atoms with Crippen molar-refractivity contribution in [3.8, 4) is 0 Å². The van der Waals surface area contributed by atoms with Gasteiger partial charge in [0.25, 0.3) is 11.1 Å². The number of aryl methyl sites for hydroxylation is 2. The van der Waals surface area contributed by atoms with Crippen molar-refractivity contribution >= 4 is 18.1 Å². The molecule has 0 radical (unpaired) electrons. The van der Waals surface area contributed by atoms with Crippen molar-refractivity contribution in [3.63, 3.8) is 0 Å². The van der Waals surface area contributed by atoms with Crippen LogP contribution in [0.3, 0.4) is 0 Å². The molecule has 10 nitrogen and oxygen atoms in total. The summed E-state index contributed by atoms with van der Waals surface area (Å²) in [4.78, 5) is 62.8. The van der Waals surface area contributed by atoms with Crippen LogP contribution in [0.1, 0.15) is 50.2 Å². The first-order chi connectivity index (χ1) is 17.4. The molecule has 0 N–H and O–H groups in total. The van der Waals surface area contributed by atoms with E-state index in [9.17, 15) is 24.0 Å². The maximum Gasteiger partial charge on any atom is 0.334 e. The molecular weight excluding hydrogens is 476 g/mol. The summed E-state index contributed by atoms with van der Waals surface area (Å²) in [5.74, 6) is -0.507. The molecule has 0 unspecified atom stereocenters. The molecule has 0 amide bonds. The molecule has 0 bridgehead atoms. The number of fused-ring (bicyclic) bond motifs is 2. The lowest BCUT2D eigenvalue weighted by atomic mass is 9.55. The normalized spacial score (nSPS) is 29.3. The number of nitrogens with zero attached hydrogens (tertiary/aromatic N) is 4. The summed E-state index contributed by atoms with van der Waals surface area (Å²) >= 11 is 0. The molecule has 3 heterocycles. The minimum absolute atomic E-state index is 0.0976. The van der Waals surface area contributed by atoms with Crippen molar-refractivity contribution < 1.29 is 9.53 Å². The number of carbonyl (C=O) groups excluding carboxylic acids is 1. The van der Waals surface area contributed by atoms with Crippen molar-refractivity contribution in [2.24, 2.45) is 45.4 Å². The predicted octanol–water partition coefficient (Wildman–Crippen LogP) is 1.09. The first-order valence-electron chi connectivity index (χ1n) is 12.6. The van der Waals surface area contributed by atoms with Gasteiger partial charge >= 0.3 is 17.3 Å². The summed E-state index contributed by atoms with van der Waals surface area (Å²) < 4.78 is 10.7. The maximum absolute atomic E-state index is 13.0. The fraction of sp³-hybridized carbons (Fsp3) is 0.519. The minimum Gasteiger partial charge on any atom is -0.458 e. The van der Waals surface area contributed by atoms with E-state index >= 15 is 0 Å². The fourth-order valence-electron chi connectivity index (χ4n) is 6.56. The van der Waals surface area contributed by atoms with Crippen LogP contribution in [-0.2, 0) is 37.7 Å². The van der Waals surface area contributed by atoms with Crippen molar-refractivity contribution in [1.29, 1.82) is 0 Å². The molecule has 1 saturated heterocycles. The van der Waals surface area contributed by atoms with Gasteiger partial charge in [0.15, 0.2) is 0 Å². The van der Waals surface area contributed by atoms with E-state index in [2.05, 4.69) is 6.92 Å². The SMILES string of the molecule is Cn1cc(/C=C2/C(=O)O[C@@H]3C[C@@]4(C)CCC/C(=C\c5cn(C)c(=O)n(C)c5=O)[C@@H]4C[C@H]23)c(=O)n(C)c1=O. The average molecular weight is 509 g/mol. The third-order valence-corrected chi connectivity index (χ3v) is 8.60. The number of ether oxygens (including phenoxy) is 1. The zero-order chi connectivity index (χ0) is 26.8. The van der Waals surface area contributed by atoms with E-state index in [1.165, 1.54) is 29.4 Å². The predicted molar refractivity (Wildman–Crippen MR) is 138 cm³/mol. The smallest absolute Gasteiger partial charge is 0.334 e. The van der Waals surface area contributed by atoms with Gasteiger partial charge in [0.2, 0.25) is 0 Å². The lowest BCUT2D eigenvalue weighted by Gasteiger charge is -2.49. The zero-order valence-electron chi connectivity index (χ0n) is 21.8. The van der Waals surface area contributed by atoms with Crippen LogP contribution in [0, 0.1) is 17.3 Å². The van der Waals surface area contributed by atoms with Crippen LogP contribution >= 0.6 is 0 Å². The first kappa shape index (κ1) is 25.0. The molecule has 2 aromatic rings. The summed E-state index contributed by atoms with van der Waals surface area (Å²) in [5, 5.41) is 0. The third-order valence-electron chi connectivity index (χ3n) is 8.60. The van der Waals surface area contributed by atoms with E-state index in [0.717, 1.165) is 34.0 Å². The summed E-state index contributed by atoms with van der Waals surface area (Å²) in [6.45, 7) is 2.22. The number of esters is 1. The number of hydrogen-bond donors (Lipinski definition) is 0. The number of rotatable bonds is 2.